The van der Waals surface area contributed by atoms with Gasteiger partial charge in [0.15, 0.2) is 23.3 Å². The molecule has 0 heterocycles. The number of hydrogen-bond acceptors (Lipinski definition) is 1. The van der Waals surface area contributed by atoms with Gasteiger partial charge >= 0.3 is 0 Å². The summed E-state index contributed by atoms with van der Waals surface area (Å²) in [4.78, 5) is 11.8. The van der Waals surface area contributed by atoms with Gasteiger partial charge in [0.25, 0.3) is 5.91 Å². The average molecular weight is 289 g/mol. The van der Waals surface area contributed by atoms with Crippen molar-refractivity contribution >= 4 is 5.91 Å². The number of hydrogen-bond donors (Lipinski definition) is 1. The SMILES string of the molecule is CC1(C)CCC(NC(=O)c2cc(F)c(F)c(F)c2F)C1. The van der Waals surface area contributed by atoms with E-state index in [2.05, 4.69) is 5.32 Å². The molecule has 110 valence electrons. The van der Waals surface area contributed by atoms with Crippen molar-refractivity contribution in [3.63, 3.8) is 0 Å². The number of halogens is 4. The molecule has 1 fully saturated rings. The minimum atomic E-state index is -1.97. The maximum Gasteiger partial charge on any atom is 0.254 e. The Morgan fingerprint density at radius 2 is 1.85 bits per heavy atom. The zero-order valence-electron chi connectivity index (χ0n) is 11.2. The molecular weight excluding hydrogens is 274 g/mol. The number of rotatable bonds is 2. The number of carbonyl (C=O) groups excluding carboxylic acids is 1. The zero-order chi connectivity index (χ0) is 15.1. The van der Waals surface area contributed by atoms with Crippen molar-refractivity contribution in [1.82, 2.24) is 5.32 Å². The zero-order valence-corrected chi connectivity index (χ0v) is 11.2. The number of benzene rings is 1. The van der Waals surface area contributed by atoms with E-state index in [1.807, 2.05) is 13.8 Å². The maximum atomic E-state index is 13.5. The van der Waals surface area contributed by atoms with E-state index in [1.54, 1.807) is 0 Å². The molecule has 1 aromatic carbocycles. The first-order valence-corrected chi connectivity index (χ1v) is 6.35. The van der Waals surface area contributed by atoms with E-state index >= 15 is 0 Å². The van der Waals surface area contributed by atoms with Crippen LogP contribution in [0.1, 0.15) is 43.5 Å². The minimum Gasteiger partial charge on any atom is -0.349 e. The van der Waals surface area contributed by atoms with Crippen LogP contribution in [0.2, 0.25) is 0 Å². The molecule has 2 rings (SSSR count). The van der Waals surface area contributed by atoms with Crippen LogP contribution in [0.25, 0.3) is 0 Å². The van der Waals surface area contributed by atoms with Crippen molar-refractivity contribution in [2.24, 2.45) is 5.41 Å². The fourth-order valence-electron chi connectivity index (χ4n) is 2.56. The molecule has 1 aromatic rings. The third-order valence-electron chi connectivity index (χ3n) is 3.65. The molecule has 0 saturated heterocycles. The van der Waals surface area contributed by atoms with Crippen molar-refractivity contribution in [2.75, 3.05) is 0 Å². The van der Waals surface area contributed by atoms with E-state index in [-0.39, 0.29) is 11.5 Å². The van der Waals surface area contributed by atoms with Crippen LogP contribution in [0, 0.1) is 28.7 Å². The minimum absolute atomic E-state index is 0.0653. The van der Waals surface area contributed by atoms with E-state index in [0.717, 1.165) is 6.42 Å². The van der Waals surface area contributed by atoms with Gasteiger partial charge in [0.2, 0.25) is 0 Å². The third kappa shape index (κ3) is 2.78. The molecule has 1 N–H and O–H groups in total. The summed E-state index contributed by atoms with van der Waals surface area (Å²) in [5, 5.41) is 2.53. The summed E-state index contributed by atoms with van der Waals surface area (Å²) in [7, 11) is 0. The van der Waals surface area contributed by atoms with Gasteiger partial charge in [-0.25, -0.2) is 17.6 Å². The summed E-state index contributed by atoms with van der Waals surface area (Å²) in [6, 6.07) is 0.205. The second-order valence-electron chi connectivity index (χ2n) is 5.93. The topological polar surface area (TPSA) is 29.1 Å². The van der Waals surface area contributed by atoms with Crippen LogP contribution >= 0.6 is 0 Å². The van der Waals surface area contributed by atoms with Crippen LogP contribution in [0.5, 0.6) is 0 Å². The van der Waals surface area contributed by atoms with E-state index in [1.165, 1.54) is 0 Å². The highest BCUT2D eigenvalue weighted by Gasteiger charge is 2.32. The summed E-state index contributed by atoms with van der Waals surface area (Å²) in [6.45, 7) is 4.08. The molecule has 0 aliphatic heterocycles. The molecule has 20 heavy (non-hydrogen) atoms. The molecule has 1 amide bonds. The van der Waals surface area contributed by atoms with Gasteiger partial charge in [0.1, 0.15) is 0 Å². The van der Waals surface area contributed by atoms with E-state index < -0.39 is 34.7 Å². The van der Waals surface area contributed by atoms with Crippen molar-refractivity contribution in [3.05, 3.63) is 34.9 Å². The van der Waals surface area contributed by atoms with Crippen LogP contribution in [0.4, 0.5) is 17.6 Å². The first-order chi connectivity index (χ1) is 9.21. The largest absolute Gasteiger partial charge is 0.349 e. The van der Waals surface area contributed by atoms with Gasteiger partial charge in [-0.15, -0.1) is 0 Å². The lowest BCUT2D eigenvalue weighted by Gasteiger charge is -2.18. The highest BCUT2D eigenvalue weighted by Crippen LogP contribution is 2.37. The summed E-state index contributed by atoms with van der Waals surface area (Å²) >= 11 is 0. The fourth-order valence-corrected chi connectivity index (χ4v) is 2.56. The van der Waals surface area contributed by atoms with Gasteiger partial charge in [-0.05, 0) is 30.7 Å². The molecule has 0 radical (unpaired) electrons. The highest BCUT2D eigenvalue weighted by molar-refractivity contribution is 5.94. The van der Waals surface area contributed by atoms with Gasteiger partial charge in [-0.1, -0.05) is 13.8 Å². The van der Waals surface area contributed by atoms with Crippen molar-refractivity contribution in [1.29, 1.82) is 0 Å². The molecule has 1 aliphatic rings. The van der Waals surface area contributed by atoms with Gasteiger partial charge in [-0.2, -0.15) is 0 Å². The Morgan fingerprint density at radius 1 is 1.20 bits per heavy atom. The average Bonchev–Trinajstić information content (AvgIpc) is 2.70. The fraction of sp³-hybridized carbons (Fsp3) is 0.500. The quantitative estimate of drug-likeness (QED) is 0.503. The van der Waals surface area contributed by atoms with E-state index in [9.17, 15) is 22.4 Å². The molecule has 0 aromatic heterocycles. The first-order valence-electron chi connectivity index (χ1n) is 6.35. The maximum absolute atomic E-state index is 13.5. The summed E-state index contributed by atoms with van der Waals surface area (Å²) in [6.07, 6.45) is 2.31. The second-order valence-corrected chi connectivity index (χ2v) is 5.93. The standard InChI is InChI=1S/C14H15F4NO/c1-14(2)4-3-7(6-14)19-13(20)8-5-9(15)11(17)12(18)10(8)16/h5,7H,3-4,6H2,1-2H3,(H,19,20). The Labute approximate surface area is 114 Å². The Balaban J connectivity index is 2.18. The monoisotopic (exact) mass is 289 g/mol. The van der Waals surface area contributed by atoms with Crippen LogP contribution in [0.3, 0.4) is 0 Å². The molecule has 1 atom stereocenters. The number of amides is 1. The predicted octanol–water partition coefficient (Wildman–Crippen LogP) is 3.55. The van der Waals surface area contributed by atoms with Crippen LogP contribution in [-0.4, -0.2) is 11.9 Å². The molecule has 0 spiro atoms. The third-order valence-corrected chi connectivity index (χ3v) is 3.65. The lowest BCUT2D eigenvalue weighted by Crippen LogP contribution is -2.34. The second kappa shape index (κ2) is 5.07. The number of carbonyl (C=O) groups is 1. The molecule has 1 aliphatic carbocycles. The molecule has 0 bridgehead atoms. The van der Waals surface area contributed by atoms with Crippen LogP contribution in [0.15, 0.2) is 6.07 Å². The van der Waals surface area contributed by atoms with E-state index in [4.69, 9.17) is 0 Å². The smallest absolute Gasteiger partial charge is 0.254 e. The Kier molecular flexibility index (Phi) is 3.75. The van der Waals surface area contributed by atoms with Gasteiger partial charge in [0, 0.05) is 6.04 Å². The summed E-state index contributed by atoms with van der Waals surface area (Å²) in [5.74, 6) is -8.06. The van der Waals surface area contributed by atoms with Crippen molar-refractivity contribution in [3.8, 4) is 0 Å². The lowest BCUT2D eigenvalue weighted by atomic mass is 9.92. The number of nitrogens with one attached hydrogen (secondary N) is 1. The predicted molar refractivity (Wildman–Crippen MR) is 65.2 cm³/mol. The van der Waals surface area contributed by atoms with Gasteiger partial charge in [-0.3, -0.25) is 4.79 Å². The molecule has 1 unspecified atom stereocenters. The molecular formula is C14H15F4NO. The highest BCUT2D eigenvalue weighted by atomic mass is 19.2. The van der Waals surface area contributed by atoms with E-state index in [0.29, 0.717) is 18.9 Å². The first kappa shape index (κ1) is 14.8. The molecule has 1 saturated carbocycles. The lowest BCUT2D eigenvalue weighted by molar-refractivity contribution is 0.0930. The Hall–Kier alpha value is -1.59. The van der Waals surface area contributed by atoms with Gasteiger partial charge in [0.05, 0.1) is 5.56 Å². The summed E-state index contributed by atoms with van der Waals surface area (Å²) < 4.78 is 52.4. The van der Waals surface area contributed by atoms with Crippen LogP contribution < -0.4 is 5.32 Å². The Morgan fingerprint density at radius 3 is 2.40 bits per heavy atom. The molecule has 6 heteroatoms. The van der Waals surface area contributed by atoms with Crippen LogP contribution in [-0.2, 0) is 0 Å². The van der Waals surface area contributed by atoms with Gasteiger partial charge < -0.3 is 5.32 Å². The normalized spacial score (nSPS) is 21.0. The van der Waals surface area contributed by atoms with Crippen molar-refractivity contribution in [2.45, 2.75) is 39.2 Å². The Bertz CT molecular complexity index is 557. The molecule has 2 nitrogen and oxygen atoms in total. The summed E-state index contributed by atoms with van der Waals surface area (Å²) in [5.41, 5.74) is -0.749. The van der Waals surface area contributed by atoms with Crippen molar-refractivity contribution < 1.29 is 22.4 Å².